The number of aromatic nitrogens is 1. The molecule has 0 fully saturated rings. The number of unbranched alkanes of at least 4 members (excludes halogenated alkanes) is 12. The molecule has 1 nitrogen and oxygen atoms in total. The minimum Gasteiger partial charge on any atom is -0.304 e. The van der Waals surface area contributed by atoms with Gasteiger partial charge in [0.1, 0.15) is 0 Å². The van der Waals surface area contributed by atoms with Gasteiger partial charge in [-0.25, -0.2) is 0 Å². The van der Waals surface area contributed by atoms with Crippen molar-refractivity contribution in [2.75, 3.05) is 0 Å². The van der Waals surface area contributed by atoms with Crippen LogP contribution in [0.5, 0.6) is 0 Å². The fourth-order valence-electron chi connectivity index (χ4n) is 10.6. The summed E-state index contributed by atoms with van der Waals surface area (Å²) in [6, 6.07) is 39.0. The van der Waals surface area contributed by atoms with Crippen LogP contribution in [0, 0.1) is 6.07 Å². The minimum absolute atomic E-state index is 0.0682. The van der Waals surface area contributed by atoms with E-state index >= 15 is 0 Å². The Morgan fingerprint density at radius 2 is 0.893 bits per heavy atom. The number of nitrogens with zero attached hydrogens (tertiary/aromatic N) is 1. The second kappa shape index (κ2) is 19.0. The molecule has 0 saturated carbocycles. The van der Waals surface area contributed by atoms with Gasteiger partial charge in [0.05, 0.1) is 0 Å². The molecule has 0 bridgehead atoms. The summed E-state index contributed by atoms with van der Waals surface area (Å²) in [7, 11) is 0. The molecular weight excluding hydrogens is 675 g/mol. The largest absolute Gasteiger partial charge is 0.304 e. The van der Waals surface area contributed by atoms with Crippen LogP contribution in [0.3, 0.4) is 0 Å². The molecule has 1 aromatic heterocycles. The molecule has 5 aromatic rings. The molecular formula is C55H68N-. The number of hydrogen-bond donors (Lipinski definition) is 0. The van der Waals surface area contributed by atoms with Gasteiger partial charge in [0.25, 0.3) is 0 Å². The normalized spacial score (nSPS) is 14.4. The van der Waals surface area contributed by atoms with Gasteiger partial charge in [-0.2, -0.15) is 0 Å². The van der Waals surface area contributed by atoms with Crippen molar-refractivity contribution in [1.82, 2.24) is 4.98 Å². The van der Waals surface area contributed by atoms with Crippen molar-refractivity contribution in [3.05, 3.63) is 126 Å². The zero-order valence-electron chi connectivity index (χ0n) is 35.3. The molecule has 2 aliphatic carbocycles. The summed E-state index contributed by atoms with van der Waals surface area (Å²) < 4.78 is 0. The van der Waals surface area contributed by atoms with Crippen molar-refractivity contribution in [3.8, 4) is 44.6 Å². The van der Waals surface area contributed by atoms with Gasteiger partial charge in [0.2, 0.25) is 0 Å². The molecule has 56 heavy (non-hydrogen) atoms. The molecule has 294 valence electrons. The number of benzene rings is 4. The van der Waals surface area contributed by atoms with Crippen LogP contribution >= 0.6 is 0 Å². The summed E-state index contributed by atoms with van der Waals surface area (Å²) in [5, 5.41) is 0. The SMILES string of the molecule is CCCCCCC1(CCCCCC)c2ccccc2-c2c[c-]c(-c3ccc(-c4ccc5c(c4)C(CCCCCC)(CCCCCC)c4ccccc4-5)cn3)cc21. The summed E-state index contributed by atoms with van der Waals surface area (Å²) >= 11 is 0. The van der Waals surface area contributed by atoms with Crippen LogP contribution in [0.2, 0.25) is 0 Å². The second-order valence-electron chi connectivity index (χ2n) is 17.4. The van der Waals surface area contributed by atoms with E-state index in [0.717, 1.165) is 11.3 Å². The lowest BCUT2D eigenvalue weighted by molar-refractivity contribution is 0.401. The smallest absolute Gasteiger partial charge is 0.0239 e. The Bertz CT molecular complexity index is 1840. The summed E-state index contributed by atoms with van der Waals surface area (Å²) in [4.78, 5) is 5.20. The summed E-state index contributed by atoms with van der Waals surface area (Å²) in [6.07, 6.45) is 27.8. The quantitative estimate of drug-likeness (QED) is 0.0508. The fourth-order valence-corrected chi connectivity index (χ4v) is 10.6. The third-order valence-electron chi connectivity index (χ3n) is 13.7. The molecule has 4 aromatic carbocycles. The van der Waals surface area contributed by atoms with E-state index in [2.05, 4.69) is 131 Å². The highest BCUT2D eigenvalue weighted by molar-refractivity contribution is 5.85. The Morgan fingerprint density at radius 3 is 1.39 bits per heavy atom. The van der Waals surface area contributed by atoms with E-state index in [4.69, 9.17) is 4.98 Å². The zero-order valence-corrected chi connectivity index (χ0v) is 35.3. The number of rotatable bonds is 22. The van der Waals surface area contributed by atoms with Crippen LogP contribution in [-0.2, 0) is 10.8 Å². The van der Waals surface area contributed by atoms with Crippen LogP contribution < -0.4 is 0 Å². The summed E-state index contributed by atoms with van der Waals surface area (Å²) in [6.45, 7) is 9.30. The molecule has 1 heteroatoms. The molecule has 0 aliphatic heterocycles. The first-order chi connectivity index (χ1) is 27.6. The third-order valence-corrected chi connectivity index (χ3v) is 13.7. The highest BCUT2D eigenvalue weighted by atomic mass is 14.7. The van der Waals surface area contributed by atoms with Crippen molar-refractivity contribution in [1.29, 1.82) is 0 Å². The molecule has 0 spiro atoms. The monoisotopic (exact) mass is 743 g/mol. The number of fused-ring (bicyclic) bond motifs is 6. The van der Waals surface area contributed by atoms with Gasteiger partial charge in [-0.3, -0.25) is 0 Å². The predicted molar refractivity (Wildman–Crippen MR) is 241 cm³/mol. The molecule has 7 rings (SSSR count). The third kappa shape index (κ3) is 8.08. The maximum absolute atomic E-state index is 5.20. The Balaban J connectivity index is 1.22. The van der Waals surface area contributed by atoms with Crippen LogP contribution in [0.4, 0.5) is 0 Å². The van der Waals surface area contributed by atoms with E-state index in [0.29, 0.717) is 0 Å². The van der Waals surface area contributed by atoms with E-state index in [-0.39, 0.29) is 10.8 Å². The lowest BCUT2D eigenvalue weighted by Crippen LogP contribution is -2.25. The van der Waals surface area contributed by atoms with Crippen molar-refractivity contribution in [2.24, 2.45) is 0 Å². The lowest BCUT2D eigenvalue weighted by atomic mass is 9.70. The van der Waals surface area contributed by atoms with Gasteiger partial charge in [0, 0.05) is 17.0 Å². The lowest BCUT2D eigenvalue weighted by Gasteiger charge is -2.35. The van der Waals surface area contributed by atoms with E-state index < -0.39 is 0 Å². The van der Waals surface area contributed by atoms with Crippen molar-refractivity contribution in [3.63, 3.8) is 0 Å². The van der Waals surface area contributed by atoms with Crippen LogP contribution in [0.15, 0.2) is 97.2 Å². The van der Waals surface area contributed by atoms with Gasteiger partial charge < -0.3 is 4.98 Å². The van der Waals surface area contributed by atoms with E-state index in [1.165, 1.54) is 167 Å². The maximum atomic E-state index is 5.20. The minimum atomic E-state index is 0.0682. The molecule has 1 heterocycles. The Labute approximate surface area is 340 Å². The second-order valence-corrected chi connectivity index (χ2v) is 17.4. The average Bonchev–Trinajstić information content (AvgIpc) is 3.67. The van der Waals surface area contributed by atoms with Crippen molar-refractivity contribution < 1.29 is 0 Å². The van der Waals surface area contributed by atoms with Gasteiger partial charge in [-0.1, -0.05) is 214 Å². The first kappa shape index (κ1) is 40.2. The summed E-state index contributed by atoms with van der Waals surface area (Å²) in [5.74, 6) is 0. The van der Waals surface area contributed by atoms with E-state index in [1.807, 2.05) is 0 Å². The van der Waals surface area contributed by atoms with Gasteiger partial charge in [-0.15, -0.1) is 29.3 Å². The number of hydrogen-bond acceptors (Lipinski definition) is 1. The van der Waals surface area contributed by atoms with Gasteiger partial charge in [-0.05, 0) is 76.4 Å². The summed E-state index contributed by atoms with van der Waals surface area (Å²) in [5.41, 5.74) is 16.7. The molecule has 0 unspecified atom stereocenters. The zero-order chi connectivity index (χ0) is 38.8. The Morgan fingerprint density at radius 1 is 0.429 bits per heavy atom. The Hall–Kier alpha value is -3.97. The molecule has 0 saturated heterocycles. The van der Waals surface area contributed by atoms with Crippen LogP contribution in [0.25, 0.3) is 44.6 Å². The first-order valence-electron chi connectivity index (χ1n) is 23.0. The topological polar surface area (TPSA) is 12.9 Å². The van der Waals surface area contributed by atoms with Crippen LogP contribution in [-0.4, -0.2) is 4.98 Å². The molecule has 0 atom stereocenters. The predicted octanol–water partition coefficient (Wildman–Crippen LogP) is 16.6. The van der Waals surface area contributed by atoms with Crippen molar-refractivity contribution >= 4 is 0 Å². The van der Waals surface area contributed by atoms with E-state index in [9.17, 15) is 0 Å². The molecule has 0 amide bonds. The Kier molecular flexibility index (Phi) is 13.6. The molecule has 2 aliphatic rings. The highest BCUT2D eigenvalue weighted by Crippen LogP contribution is 2.56. The van der Waals surface area contributed by atoms with Crippen molar-refractivity contribution in [2.45, 2.75) is 167 Å². The molecule has 0 radical (unpaired) electrons. The fraction of sp³-hybridized carbons (Fsp3) is 0.473. The van der Waals surface area contributed by atoms with Gasteiger partial charge >= 0.3 is 0 Å². The first-order valence-corrected chi connectivity index (χ1v) is 23.0. The van der Waals surface area contributed by atoms with Gasteiger partial charge in [0.15, 0.2) is 0 Å². The standard InChI is InChI=1S/C55H68N/c1-5-9-13-21-35-54(36-22-14-10-6-2)49-27-19-17-25-45(49)47-32-29-42(39-51(47)54)44-31-34-53(56-41-44)43-30-33-48-46-26-18-20-28-50(46)55(52(48)40-43,37-23-15-11-7-3)38-24-16-12-8-4/h17-20,25-29,31-34,39-41H,5-16,21-24,35-38H2,1-4H3/q-1. The van der Waals surface area contributed by atoms with E-state index in [1.54, 1.807) is 16.7 Å². The maximum Gasteiger partial charge on any atom is 0.0239 e. The molecule has 0 N–H and O–H groups in total. The van der Waals surface area contributed by atoms with Crippen LogP contribution in [0.1, 0.15) is 178 Å². The number of pyridine rings is 1. The average molecular weight is 743 g/mol. The highest BCUT2D eigenvalue weighted by Gasteiger charge is 2.42.